The van der Waals surface area contributed by atoms with Crippen molar-refractivity contribution < 1.29 is 14.0 Å². The first-order valence-electron chi connectivity index (χ1n) is 10.7. The minimum atomic E-state index is -0.590. The number of hydrogen-bond acceptors (Lipinski definition) is 4. The standard InChI is InChI=1S/C23H29FN4O3/c1-25-22(30)19-13-18(21(29)27-10-4-5-16-8-11-26-12-9-16)15-28(23(19)31)14-17-6-2-3-7-20(17)24/h2-3,6-7,13,15-16,26H,4-5,8-12,14H2,1H3,(H,25,30)(H,27,29). The summed E-state index contributed by atoms with van der Waals surface area (Å²) in [5.41, 5.74) is -0.241. The van der Waals surface area contributed by atoms with Gasteiger partial charge in [0.05, 0.1) is 12.1 Å². The van der Waals surface area contributed by atoms with Gasteiger partial charge < -0.3 is 20.5 Å². The van der Waals surface area contributed by atoms with Gasteiger partial charge in [-0.05, 0) is 56.8 Å². The number of amides is 2. The van der Waals surface area contributed by atoms with Gasteiger partial charge in [-0.2, -0.15) is 0 Å². The second-order valence-corrected chi connectivity index (χ2v) is 7.84. The lowest BCUT2D eigenvalue weighted by atomic mass is 9.93. The molecule has 3 rings (SSSR count). The molecule has 3 N–H and O–H groups in total. The van der Waals surface area contributed by atoms with Crippen LogP contribution in [0.1, 0.15) is 52.0 Å². The van der Waals surface area contributed by atoms with Crippen LogP contribution in [0.25, 0.3) is 0 Å². The molecule has 8 heteroatoms. The fourth-order valence-electron chi connectivity index (χ4n) is 3.85. The lowest BCUT2D eigenvalue weighted by Crippen LogP contribution is -2.34. The molecule has 2 amide bonds. The Hall–Kier alpha value is -3.00. The Morgan fingerprint density at radius 3 is 2.65 bits per heavy atom. The molecular weight excluding hydrogens is 399 g/mol. The van der Waals surface area contributed by atoms with Crippen LogP contribution < -0.4 is 21.5 Å². The smallest absolute Gasteiger partial charge is 0.263 e. The van der Waals surface area contributed by atoms with Gasteiger partial charge in [-0.1, -0.05) is 18.2 Å². The summed E-state index contributed by atoms with van der Waals surface area (Å²) in [5.74, 6) is -0.727. The third-order valence-corrected chi connectivity index (χ3v) is 5.65. The molecule has 0 aliphatic carbocycles. The molecule has 1 aromatic carbocycles. The highest BCUT2D eigenvalue weighted by Crippen LogP contribution is 2.17. The van der Waals surface area contributed by atoms with E-state index in [1.54, 1.807) is 18.2 Å². The van der Waals surface area contributed by atoms with Gasteiger partial charge in [-0.25, -0.2) is 4.39 Å². The summed E-state index contributed by atoms with van der Waals surface area (Å²) >= 11 is 0. The van der Waals surface area contributed by atoms with Crippen molar-refractivity contribution in [2.24, 2.45) is 5.92 Å². The molecule has 166 valence electrons. The van der Waals surface area contributed by atoms with Crippen molar-refractivity contribution in [3.8, 4) is 0 Å². The molecule has 2 heterocycles. The van der Waals surface area contributed by atoms with Crippen LogP contribution in [0.5, 0.6) is 0 Å². The van der Waals surface area contributed by atoms with Crippen molar-refractivity contribution >= 4 is 11.8 Å². The van der Waals surface area contributed by atoms with E-state index in [1.165, 1.54) is 29.9 Å². The first kappa shape index (κ1) is 22.7. The zero-order valence-electron chi connectivity index (χ0n) is 17.7. The summed E-state index contributed by atoms with van der Waals surface area (Å²) in [6.45, 7) is 2.53. The van der Waals surface area contributed by atoms with Crippen LogP contribution in [0, 0.1) is 11.7 Å². The molecule has 0 bridgehead atoms. The number of nitrogens with zero attached hydrogens (tertiary/aromatic N) is 1. The van der Waals surface area contributed by atoms with Crippen LogP contribution in [0.4, 0.5) is 4.39 Å². The van der Waals surface area contributed by atoms with Crippen LogP contribution in [0.3, 0.4) is 0 Å². The van der Waals surface area contributed by atoms with E-state index in [0.29, 0.717) is 18.0 Å². The van der Waals surface area contributed by atoms with Gasteiger partial charge >= 0.3 is 0 Å². The average Bonchev–Trinajstić information content (AvgIpc) is 2.79. The maximum Gasteiger partial charge on any atom is 0.263 e. The van der Waals surface area contributed by atoms with Crippen molar-refractivity contribution in [3.05, 3.63) is 69.4 Å². The molecule has 0 radical (unpaired) electrons. The van der Waals surface area contributed by atoms with E-state index >= 15 is 0 Å². The van der Waals surface area contributed by atoms with Crippen molar-refractivity contribution in [2.45, 2.75) is 32.2 Å². The normalized spacial score (nSPS) is 14.3. The highest BCUT2D eigenvalue weighted by Gasteiger charge is 2.18. The maximum absolute atomic E-state index is 14.1. The Balaban J connectivity index is 1.73. The summed E-state index contributed by atoms with van der Waals surface area (Å²) in [7, 11) is 1.41. The van der Waals surface area contributed by atoms with Gasteiger partial charge in [-0.15, -0.1) is 0 Å². The van der Waals surface area contributed by atoms with Crippen molar-refractivity contribution in [1.82, 2.24) is 20.5 Å². The largest absolute Gasteiger partial charge is 0.355 e. The third-order valence-electron chi connectivity index (χ3n) is 5.65. The minimum absolute atomic E-state index is 0.0770. The van der Waals surface area contributed by atoms with Crippen molar-refractivity contribution in [1.29, 1.82) is 0 Å². The second kappa shape index (κ2) is 10.9. The highest BCUT2D eigenvalue weighted by atomic mass is 19.1. The summed E-state index contributed by atoms with van der Waals surface area (Å²) in [6, 6.07) is 7.39. The Kier molecular flexibility index (Phi) is 7.94. The molecule has 31 heavy (non-hydrogen) atoms. The molecule has 0 atom stereocenters. The van der Waals surface area contributed by atoms with Gasteiger partial charge in [0.15, 0.2) is 0 Å². The predicted octanol–water partition coefficient (Wildman–Crippen LogP) is 1.90. The molecule has 1 fully saturated rings. The van der Waals surface area contributed by atoms with E-state index in [1.807, 2.05) is 0 Å². The number of nitrogens with one attached hydrogen (secondary N) is 3. The number of halogens is 1. The average molecular weight is 429 g/mol. The fraction of sp³-hybridized carbons (Fsp3) is 0.435. The van der Waals surface area contributed by atoms with E-state index in [0.717, 1.165) is 38.8 Å². The van der Waals surface area contributed by atoms with E-state index in [-0.39, 0.29) is 23.6 Å². The van der Waals surface area contributed by atoms with Crippen LogP contribution >= 0.6 is 0 Å². The van der Waals surface area contributed by atoms with E-state index in [4.69, 9.17) is 0 Å². The molecule has 1 aromatic heterocycles. The van der Waals surface area contributed by atoms with Gasteiger partial charge in [-0.3, -0.25) is 14.4 Å². The number of aromatic nitrogens is 1. The van der Waals surface area contributed by atoms with Crippen molar-refractivity contribution in [2.75, 3.05) is 26.7 Å². The van der Waals surface area contributed by atoms with E-state index < -0.39 is 17.3 Å². The van der Waals surface area contributed by atoms with Crippen LogP contribution in [-0.4, -0.2) is 43.1 Å². The predicted molar refractivity (Wildman–Crippen MR) is 117 cm³/mol. The summed E-state index contributed by atoms with van der Waals surface area (Å²) in [5, 5.41) is 8.63. The monoisotopic (exact) mass is 428 g/mol. The summed E-state index contributed by atoms with van der Waals surface area (Å²) < 4.78 is 15.3. The van der Waals surface area contributed by atoms with Gasteiger partial charge in [0.1, 0.15) is 11.4 Å². The number of pyridine rings is 1. The molecule has 1 saturated heterocycles. The van der Waals surface area contributed by atoms with Crippen LogP contribution in [-0.2, 0) is 6.54 Å². The number of hydrogen-bond donors (Lipinski definition) is 3. The molecule has 1 aliphatic rings. The maximum atomic E-state index is 14.1. The number of carbonyl (C=O) groups is 2. The summed E-state index contributed by atoms with van der Waals surface area (Å²) in [4.78, 5) is 37.6. The Morgan fingerprint density at radius 2 is 1.94 bits per heavy atom. The summed E-state index contributed by atoms with van der Waals surface area (Å²) in [6.07, 6.45) is 5.62. The second-order valence-electron chi connectivity index (χ2n) is 7.84. The zero-order valence-corrected chi connectivity index (χ0v) is 17.7. The molecular formula is C23H29FN4O3. The van der Waals surface area contributed by atoms with E-state index in [9.17, 15) is 18.8 Å². The molecule has 2 aromatic rings. The highest BCUT2D eigenvalue weighted by molar-refractivity contribution is 5.99. The molecule has 0 spiro atoms. The first-order chi connectivity index (χ1) is 15.0. The van der Waals surface area contributed by atoms with E-state index in [2.05, 4.69) is 16.0 Å². The quantitative estimate of drug-likeness (QED) is 0.560. The first-order valence-corrected chi connectivity index (χ1v) is 10.7. The van der Waals surface area contributed by atoms with Crippen LogP contribution in [0.15, 0.2) is 41.3 Å². The third kappa shape index (κ3) is 6.01. The lowest BCUT2D eigenvalue weighted by Gasteiger charge is -2.22. The SMILES string of the molecule is CNC(=O)c1cc(C(=O)NCCCC2CCNCC2)cn(Cc2ccccc2F)c1=O. The Bertz CT molecular complexity index is 983. The number of benzene rings is 1. The molecule has 1 aliphatic heterocycles. The van der Waals surface area contributed by atoms with Gasteiger partial charge in [0, 0.05) is 25.4 Å². The topological polar surface area (TPSA) is 92.2 Å². The van der Waals surface area contributed by atoms with Gasteiger partial charge in [0.25, 0.3) is 17.4 Å². The zero-order chi connectivity index (χ0) is 22.2. The Labute approximate surface area is 181 Å². The number of piperidine rings is 1. The van der Waals surface area contributed by atoms with Crippen LogP contribution in [0.2, 0.25) is 0 Å². The molecule has 0 unspecified atom stereocenters. The molecule has 0 saturated carbocycles. The minimum Gasteiger partial charge on any atom is -0.355 e. The van der Waals surface area contributed by atoms with Crippen molar-refractivity contribution in [3.63, 3.8) is 0 Å². The Morgan fingerprint density at radius 1 is 1.19 bits per heavy atom. The number of carbonyl (C=O) groups excluding carboxylic acids is 2. The number of rotatable bonds is 8. The lowest BCUT2D eigenvalue weighted by molar-refractivity contribution is 0.0951. The van der Waals surface area contributed by atoms with Gasteiger partial charge in [0.2, 0.25) is 0 Å². The molecule has 7 nitrogen and oxygen atoms in total. The fourth-order valence-corrected chi connectivity index (χ4v) is 3.85.